The maximum absolute atomic E-state index is 5.85. The first-order chi connectivity index (χ1) is 9.81. The minimum Gasteiger partial charge on any atom is -0.372 e. The van der Waals surface area contributed by atoms with Crippen LogP contribution in [0.4, 0.5) is 0 Å². The van der Waals surface area contributed by atoms with E-state index >= 15 is 0 Å². The summed E-state index contributed by atoms with van der Waals surface area (Å²) in [5.74, 6) is 0. The highest BCUT2D eigenvalue weighted by Gasteiger charge is 2.03. The number of hydrogen-bond donors (Lipinski definition) is 1. The second kappa shape index (κ2) is 8.20. The Bertz CT molecular complexity index is 542. The van der Waals surface area contributed by atoms with Crippen molar-refractivity contribution in [2.45, 2.75) is 26.7 Å². The molecule has 0 aliphatic rings. The van der Waals surface area contributed by atoms with Crippen LogP contribution in [0.2, 0.25) is 0 Å². The van der Waals surface area contributed by atoms with Crippen molar-refractivity contribution in [3.05, 3.63) is 69.7 Å². The summed E-state index contributed by atoms with van der Waals surface area (Å²) in [6.45, 7) is 5.25. The molecule has 0 radical (unpaired) electrons. The number of nitrogens with one attached hydrogen (secondary N) is 1. The molecule has 0 heterocycles. The van der Waals surface area contributed by atoms with E-state index in [-0.39, 0.29) is 0 Å². The highest BCUT2D eigenvalue weighted by Crippen LogP contribution is 2.18. The van der Waals surface area contributed by atoms with Crippen LogP contribution in [0.5, 0.6) is 0 Å². The smallest absolute Gasteiger partial charge is 0.0732 e. The Labute approximate surface area is 129 Å². The van der Waals surface area contributed by atoms with Crippen LogP contribution in [0, 0.1) is 0 Å². The lowest BCUT2D eigenvalue weighted by atomic mass is 10.1. The third-order valence-electron chi connectivity index (χ3n) is 3.16. The van der Waals surface area contributed by atoms with Gasteiger partial charge < -0.3 is 10.1 Å². The second-order valence-electron chi connectivity index (χ2n) is 4.63. The van der Waals surface area contributed by atoms with E-state index in [1.807, 2.05) is 18.2 Å². The molecule has 0 aliphatic carbocycles. The third-order valence-corrected chi connectivity index (χ3v) is 3.93. The van der Waals surface area contributed by atoms with Gasteiger partial charge in [-0.15, -0.1) is 0 Å². The molecule has 1 N–H and O–H groups in total. The van der Waals surface area contributed by atoms with Gasteiger partial charge in [0.2, 0.25) is 0 Å². The Morgan fingerprint density at radius 3 is 2.20 bits per heavy atom. The van der Waals surface area contributed by atoms with Gasteiger partial charge in [0.1, 0.15) is 0 Å². The molecule has 2 aromatic carbocycles. The van der Waals surface area contributed by atoms with E-state index in [0.29, 0.717) is 13.2 Å². The predicted octanol–water partition coefficient (Wildman–Crippen LogP) is 4.28. The van der Waals surface area contributed by atoms with Crippen LogP contribution in [0.15, 0.2) is 53.0 Å². The molecule has 106 valence electrons. The number of ether oxygens (including phenoxy) is 1. The summed E-state index contributed by atoms with van der Waals surface area (Å²) < 4.78 is 6.95. The van der Waals surface area contributed by atoms with Crippen molar-refractivity contribution in [3.63, 3.8) is 0 Å². The van der Waals surface area contributed by atoms with Gasteiger partial charge in [0.15, 0.2) is 0 Å². The van der Waals surface area contributed by atoms with Crippen LogP contribution < -0.4 is 5.32 Å². The molecule has 0 amide bonds. The van der Waals surface area contributed by atoms with Crippen LogP contribution >= 0.6 is 15.9 Å². The van der Waals surface area contributed by atoms with Gasteiger partial charge in [0, 0.05) is 11.0 Å². The maximum atomic E-state index is 5.85. The monoisotopic (exact) mass is 333 g/mol. The van der Waals surface area contributed by atoms with E-state index in [2.05, 4.69) is 58.5 Å². The van der Waals surface area contributed by atoms with Crippen LogP contribution in [0.25, 0.3) is 0 Å². The van der Waals surface area contributed by atoms with Gasteiger partial charge in [-0.25, -0.2) is 0 Å². The van der Waals surface area contributed by atoms with Crippen molar-refractivity contribution in [2.24, 2.45) is 0 Å². The molecule has 0 bridgehead atoms. The van der Waals surface area contributed by atoms with E-state index in [1.54, 1.807) is 0 Å². The Morgan fingerprint density at radius 2 is 1.50 bits per heavy atom. The molecule has 0 saturated heterocycles. The molecular weight excluding hydrogens is 314 g/mol. The first kappa shape index (κ1) is 15.2. The lowest BCUT2D eigenvalue weighted by Crippen LogP contribution is -2.13. The molecule has 2 rings (SSSR count). The number of benzene rings is 2. The quantitative estimate of drug-likeness (QED) is 0.816. The van der Waals surface area contributed by atoms with Crippen LogP contribution in [-0.4, -0.2) is 6.54 Å². The molecule has 2 aromatic rings. The van der Waals surface area contributed by atoms with Crippen molar-refractivity contribution in [1.29, 1.82) is 0 Å². The molecule has 0 aromatic heterocycles. The largest absolute Gasteiger partial charge is 0.372 e. The number of halogens is 1. The van der Waals surface area contributed by atoms with Gasteiger partial charge in [0.25, 0.3) is 0 Å². The van der Waals surface area contributed by atoms with E-state index in [9.17, 15) is 0 Å². The Kier molecular flexibility index (Phi) is 6.25. The molecule has 0 saturated carbocycles. The normalized spacial score (nSPS) is 10.7. The third kappa shape index (κ3) is 4.44. The fourth-order valence-corrected chi connectivity index (χ4v) is 2.42. The Morgan fingerprint density at radius 1 is 0.900 bits per heavy atom. The highest BCUT2D eigenvalue weighted by atomic mass is 79.9. The van der Waals surface area contributed by atoms with E-state index in [0.717, 1.165) is 17.6 Å². The summed E-state index contributed by atoms with van der Waals surface area (Å²) in [5.41, 5.74) is 3.73. The Hall–Kier alpha value is -1.16. The Balaban J connectivity index is 1.92. The fraction of sp³-hybridized carbons (Fsp3) is 0.294. The molecular formula is C17H20BrNO. The van der Waals surface area contributed by atoms with Crippen molar-refractivity contribution >= 4 is 15.9 Å². The van der Waals surface area contributed by atoms with Crippen molar-refractivity contribution in [2.75, 3.05) is 6.54 Å². The summed E-state index contributed by atoms with van der Waals surface area (Å²) in [6.07, 6.45) is 0. The predicted molar refractivity (Wildman–Crippen MR) is 86.5 cm³/mol. The molecule has 3 heteroatoms. The number of hydrogen-bond acceptors (Lipinski definition) is 2. The zero-order chi connectivity index (χ0) is 14.2. The molecule has 0 aliphatic heterocycles. The first-order valence-corrected chi connectivity index (χ1v) is 7.69. The molecule has 0 fully saturated rings. The van der Waals surface area contributed by atoms with Crippen molar-refractivity contribution < 1.29 is 4.74 Å². The van der Waals surface area contributed by atoms with Gasteiger partial charge >= 0.3 is 0 Å². The van der Waals surface area contributed by atoms with Crippen LogP contribution in [0.3, 0.4) is 0 Å². The van der Waals surface area contributed by atoms with Gasteiger partial charge in [-0.2, -0.15) is 0 Å². The van der Waals surface area contributed by atoms with Crippen molar-refractivity contribution in [3.8, 4) is 0 Å². The molecule has 0 spiro atoms. The van der Waals surface area contributed by atoms with E-state index in [1.165, 1.54) is 16.7 Å². The zero-order valence-corrected chi connectivity index (χ0v) is 13.3. The number of rotatable bonds is 7. The average molecular weight is 334 g/mol. The van der Waals surface area contributed by atoms with Gasteiger partial charge in [-0.3, -0.25) is 0 Å². The topological polar surface area (TPSA) is 21.3 Å². The van der Waals surface area contributed by atoms with Crippen LogP contribution in [-0.2, 0) is 24.5 Å². The fourth-order valence-electron chi connectivity index (χ4n) is 2.02. The lowest BCUT2D eigenvalue weighted by Gasteiger charge is -2.11. The van der Waals surface area contributed by atoms with Gasteiger partial charge in [-0.1, -0.05) is 65.3 Å². The first-order valence-electron chi connectivity index (χ1n) is 6.90. The minimum absolute atomic E-state index is 0.622. The minimum atomic E-state index is 0.622. The molecule has 2 nitrogen and oxygen atoms in total. The zero-order valence-electron chi connectivity index (χ0n) is 11.7. The van der Waals surface area contributed by atoms with E-state index in [4.69, 9.17) is 4.74 Å². The standard InChI is InChI=1S/C17H20BrNO/c1-2-19-11-14-7-3-4-8-15(14)12-20-13-16-9-5-6-10-17(16)18/h3-10,19H,2,11-13H2,1H3. The summed E-state index contributed by atoms with van der Waals surface area (Å²) in [4.78, 5) is 0. The summed E-state index contributed by atoms with van der Waals surface area (Å²) in [6, 6.07) is 16.6. The van der Waals surface area contributed by atoms with Gasteiger partial charge in [0.05, 0.1) is 13.2 Å². The average Bonchev–Trinajstić information content (AvgIpc) is 2.48. The second-order valence-corrected chi connectivity index (χ2v) is 5.49. The summed E-state index contributed by atoms with van der Waals surface area (Å²) in [5, 5.41) is 3.36. The molecule has 0 unspecified atom stereocenters. The van der Waals surface area contributed by atoms with Crippen molar-refractivity contribution in [1.82, 2.24) is 5.32 Å². The highest BCUT2D eigenvalue weighted by molar-refractivity contribution is 9.10. The van der Waals surface area contributed by atoms with Crippen LogP contribution in [0.1, 0.15) is 23.6 Å². The lowest BCUT2D eigenvalue weighted by molar-refractivity contribution is 0.106. The summed E-state index contributed by atoms with van der Waals surface area (Å²) >= 11 is 3.54. The SMILES string of the molecule is CCNCc1ccccc1COCc1ccccc1Br. The molecule has 0 atom stereocenters. The maximum Gasteiger partial charge on any atom is 0.0732 e. The molecule has 20 heavy (non-hydrogen) atoms. The van der Waals surface area contributed by atoms with Gasteiger partial charge in [-0.05, 0) is 29.3 Å². The summed E-state index contributed by atoms with van der Waals surface area (Å²) in [7, 11) is 0. The van der Waals surface area contributed by atoms with E-state index < -0.39 is 0 Å².